The first-order valence-corrected chi connectivity index (χ1v) is 8.84. The second-order valence-electron chi connectivity index (χ2n) is 6.37. The van der Waals surface area contributed by atoms with Gasteiger partial charge in [-0.05, 0) is 37.1 Å². The molecule has 1 aliphatic carbocycles. The number of nitrogens with zero attached hydrogens (tertiary/aromatic N) is 1. The van der Waals surface area contributed by atoms with Gasteiger partial charge in [-0.1, -0.05) is 43.7 Å². The quantitative estimate of drug-likeness (QED) is 0.911. The molecule has 0 radical (unpaired) electrons. The molecule has 3 unspecified atom stereocenters. The van der Waals surface area contributed by atoms with Crippen molar-refractivity contribution in [2.75, 3.05) is 6.54 Å². The number of hydrogen-bond donors (Lipinski definition) is 1. The van der Waals surface area contributed by atoms with Gasteiger partial charge in [0.2, 0.25) is 0 Å². The molecule has 112 valence electrons. The van der Waals surface area contributed by atoms with E-state index in [1.165, 1.54) is 29.8 Å². The molecule has 3 atom stereocenters. The highest BCUT2D eigenvalue weighted by Gasteiger charge is 2.28. The Hall–Kier alpha value is -1.19. The minimum absolute atomic E-state index is 0.685. The van der Waals surface area contributed by atoms with Crippen LogP contribution in [0.1, 0.15) is 31.2 Å². The Kier molecular flexibility index (Phi) is 4.71. The van der Waals surface area contributed by atoms with E-state index in [1.807, 2.05) is 6.07 Å². The molecule has 0 saturated heterocycles. The van der Waals surface area contributed by atoms with Crippen molar-refractivity contribution in [3.63, 3.8) is 0 Å². The first kappa shape index (κ1) is 14.7. The van der Waals surface area contributed by atoms with Crippen LogP contribution in [0.25, 0.3) is 11.3 Å². The summed E-state index contributed by atoms with van der Waals surface area (Å²) in [5.74, 6) is 2.24. The van der Waals surface area contributed by atoms with Crippen molar-refractivity contribution in [1.82, 2.24) is 4.98 Å². The fourth-order valence-electron chi connectivity index (χ4n) is 3.49. The smallest absolute Gasteiger partial charge is 0.0935 e. The molecule has 0 amide bonds. The molecular formula is C18H24N2S. The van der Waals surface area contributed by atoms with E-state index in [-0.39, 0.29) is 0 Å². The zero-order valence-electron chi connectivity index (χ0n) is 12.7. The monoisotopic (exact) mass is 300 g/mol. The first-order chi connectivity index (χ1) is 10.3. The minimum Gasteiger partial charge on any atom is -0.330 e. The summed E-state index contributed by atoms with van der Waals surface area (Å²) in [6.07, 6.45) is 5.04. The van der Waals surface area contributed by atoms with Crippen LogP contribution in [-0.4, -0.2) is 11.5 Å². The molecule has 0 bridgehead atoms. The maximum absolute atomic E-state index is 5.97. The van der Waals surface area contributed by atoms with Crippen molar-refractivity contribution >= 4 is 11.3 Å². The van der Waals surface area contributed by atoms with E-state index in [0.29, 0.717) is 11.8 Å². The molecule has 1 saturated carbocycles. The lowest BCUT2D eigenvalue weighted by atomic mass is 9.73. The Morgan fingerprint density at radius 2 is 2.00 bits per heavy atom. The molecule has 1 aromatic carbocycles. The van der Waals surface area contributed by atoms with Gasteiger partial charge in [-0.25, -0.2) is 4.98 Å². The summed E-state index contributed by atoms with van der Waals surface area (Å²) in [6, 6.07) is 10.4. The SMILES string of the molecule is CC1CCC(CN)C(Cc2nc(-c3ccccc3)cs2)C1. The predicted molar refractivity (Wildman–Crippen MR) is 90.3 cm³/mol. The molecule has 21 heavy (non-hydrogen) atoms. The fourth-order valence-corrected chi connectivity index (χ4v) is 4.39. The van der Waals surface area contributed by atoms with Crippen molar-refractivity contribution in [2.45, 2.75) is 32.6 Å². The third-order valence-electron chi connectivity index (χ3n) is 4.76. The van der Waals surface area contributed by atoms with Gasteiger partial charge in [-0.15, -0.1) is 11.3 Å². The highest BCUT2D eigenvalue weighted by Crippen LogP contribution is 2.36. The minimum atomic E-state index is 0.685. The molecule has 1 aromatic heterocycles. The lowest BCUT2D eigenvalue weighted by Gasteiger charge is -2.33. The van der Waals surface area contributed by atoms with E-state index in [1.54, 1.807) is 11.3 Å². The van der Waals surface area contributed by atoms with Gasteiger partial charge in [-0.3, -0.25) is 0 Å². The summed E-state index contributed by atoms with van der Waals surface area (Å²) in [6.45, 7) is 3.20. The Morgan fingerprint density at radius 3 is 2.76 bits per heavy atom. The molecule has 1 fully saturated rings. The number of thiazole rings is 1. The molecule has 3 heteroatoms. The van der Waals surface area contributed by atoms with Gasteiger partial charge in [-0.2, -0.15) is 0 Å². The molecule has 2 nitrogen and oxygen atoms in total. The molecule has 0 spiro atoms. The van der Waals surface area contributed by atoms with Crippen LogP contribution in [-0.2, 0) is 6.42 Å². The number of hydrogen-bond acceptors (Lipinski definition) is 3. The Balaban J connectivity index is 1.71. The number of benzene rings is 1. The van der Waals surface area contributed by atoms with Gasteiger partial charge in [0.1, 0.15) is 0 Å². The lowest BCUT2D eigenvalue weighted by molar-refractivity contribution is 0.193. The van der Waals surface area contributed by atoms with Gasteiger partial charge in [0.15, 0.2) is 0 Å². The zero-order valence-corrected chi connectivity index (χ0v) is 13.5. The van der Waals surface area contributed by atoms with E-state index in [4.69, 9.17) is 10.7 Å². The maximum Gasteiger partial charge on any atom is 0.0935 e. The highest BCUT2D eigenvalue weighted by atomic mass is 32.1. The third kappa shape index (κ3) is 3.53. The third-order valence-corrected chi connectivity index (χ3v) is 5.63. The average molecular weight is 300 g/mol. The Morgan fingerprint density at radius 1 is 1.19 bits per heavy atom. The highest BCUT2D eigenvalue weighted by molar-refractivity contribution is 7.09. The number of aromatic nitrogens is 1. The van der Waals surface area contributed by atoms with E-state index in [9.17, 15) is 0 Å². The van der Waals surface area contributed by atoms with Crippen molar-refractivity contribution in [2.24, 2.45) is 23.5 Å². The Bertz CT molecular complexity index is 564. The second kappa shape index (κ2) is 6.71. The van der Waals surface area contributed by atoms with Gasteiger partial charge >= 0.3 is 0 Å². The number of nitrogens with two attached hydrogens (primary N) is 1. The predicted octanol–water partition coefficient (Wildman–Crippen LogP) is 4.36. The molecule has 2 aromatic rings. The molecule has 3 rings (SSSR count). The topological polar surface area (TPSA) is 38.9 Å². The van der Waals surface area contributed by atoms with E-state index >= 15 is 0 Å². The molecular weight excluding hydrogens is 276 g/mol. The van der Waals surface area contributed by atoms with Crippen LogP contribution in [0.15, 0.2) is 35.7 Å². The first-order valence-electron chi connectivity index (χ1n) is 7.96. The molecule has 1 heterocycles. The van der Waals surface area contributed by atoms with Gasteiger partial charge in [0.05, 0.1) is 10.7 Å². The summed E-state index contributed by atoms with van der Waals surface area (Å²) in [7, 11) is 0. The summed E-state index contributed by atoms with van der Waals surface area (Å²) >= 11 is 1.80. The fraction of sp³-hybridized carbons (Fsp3) is 0.500. The molecule has 2 N–H and O–H groups in total. The summed E-state index contributed by atoms with van der Waals surface area (Å²) in [4.78, 5) is 4.85. The standard InChI is InChI=1S/C18H24N2S/c1-13-7-8-15(11-19)16(9-13)10-18-20-17(12-21-18)14-5-3-2-4-6-14/h2-6,12-13,15-16H,7-11,19H2,1H3. The van der Waals surface area contributed by atoms with E-state index in [0.717, 1.165) is 24.6 Å². The van der Waals surface area contributed by atoms with E-state index < -0.39 is 0 Å². The van der Waals surface area contributed by atoms with Gasteiger partial charge < -0.3 is 5.73 Å². The van der Waals surface area contributed by atoms with Crippen LogP contribution in [0, 0.1) is 17.8 Å². The zero-order chi connectivity index (χ0) is 14.7. The summed E-state index contributed by atoms with van der Waals surface area (Å²) in [5, 5.41) is 3.46. The van der Waals surface area contributed by atoms with Crippen molar-refractivity contribution in [3.8, 4) is 11.3 Å². The van der Waals surface area contributed by atoms with Crippen molar-refractivity contribution in [3.05, 3.63) is 40.7 Å². The number of rotatable bonds is 4. The molecule has 1 aliphatic rings. The lowest BCUT2D eigenvalue weighted by Crippen LogP contribution is -2.30. The second-order valence-corrected chi connectivity index (χ2v) is 7.31. The summed E-state index contributed by atoms with van der Waals surface area (Å²) in [5.41, 5.74) is 8.30. The maximum atomic E-state index is 5.97. The van der Waals surface area contributed by atoms with Crippen LogP contribution in [0.5, 0.6) is 0 Å². The van der Waals surface area contributed by atoms with Crippen molar-refractivity contribution < 1.29 is 0 Å². The Labute approximate surface area is 131 Å². The normalized spacial score (nSPS) is 25.9. The van der Waals surface area contributed by atoms with Crippen LogP contribution >= 0.6 is 11.3 Å². The van der Waals surface area contributed by atoms with Crippen LogP contribution in [0.3, 0.4) is 0 Å². The van der Waals surface area contributed by atoms with Crippen LogP contribution in [0.2, 0.25) is 0 Å². The van der Waals surface area contributed by atoms with Gasteiger partial charge in [0, 0.05) is 17.4 Å². The summed E-state index contributed by atoms with van der Waals surface area (Å²) < 4.78 is 0. The van der Waals surface area contributed by atoms with Crippen LogP contribution in [0.4, 0.5) is 0 Å². The largest absolute Gasteiger partial charge is 0.330 e. The van der Waals surface area contributed by atoms with Crippen molar-refractivity contribution in [1.29, 1.82) is 0 Å². The van der Waals surface area contributed by atoms with Crippen LogP contribution < -0.4 is 5.73 Å². The van der Waals surface area contributed by atoms with Gasteiger partial charge in [0.25, 0.3) is 0 Å². The average Bonchev–Trinajstić information content (AvgIpc) is 2.97. The molecule has 0 aliphatic heterocycles. The van der Waals surface area contributed by atoms with E-state index in [2.05, 4.69) is 36.6 Å².